The quantitative estimate of drug-likeness (QED) is 0.852. The molecule has 0 aromatic heterocycles. The normalized spacial score (nSPS) is 23.1. The summed E-state index contributed by atoms with van der Waals surface area (Å²) in [5.41, 5.74) is 1.23. The van der Waals surface area contributed by atoms with E-state index in [1.807, 2.05) is 25.1 Å². The van der Waals surface area contributed by atoms with Gasteiger partial charge in [0.1, 0.15) is 12.5 Å². The predicted octanol–water partition coefficient (Wildman–Crippen LogP) is 1.70. The molecule has 1 N–H and O–H groups in total. The molecule has 1 heterocycles. The zero-order valence-electron chi connectivity index (χ0n) is 11.3. The SMILES string of the molecule is CCOC(=O)[C@H]1CCC[NH+](Cc2cccc(Cl)c2)C1. The van der Waals surface area contributed by atoms with Crippen LogP contribution in [0.5, 0.6) is 0 Å². The Morgan fingerprint density at radius 1 is 1.53 bits per heavy atom. The molecule has 0 bridgehead atoms. The number of quaternary nitrogens is 1. The molecular weight excluding hydrogens is 262 g/mol. The van der Waals surface area contributed by atoms with Crippen molar-refractivity contribution >= 4 is 17.6 Å². The van der Waals surface area contributed by atoms with E-state index in [0.29, 0.717) is 6.61 Å². The lowest BCUT2D eigenvalue weighted by Gasteiger charge is -2.28. The van der Waals surface area contributed by atoms with Crippen LogP contribution in [-0.4, -0.2) is 25.7 Å². The minimum absolute atomic E-state index is 0.0363. The molecule has 1 unspecified atom stereocenters. The van der Waals surface area contributed by atoms with Gasteiger partial charge in [-0.25, -0.2) is 0 Å². The fraction of sp³-hybridized carbons (Fsp3) is 0.533. The van der Waals surface area contributed by atoms with Gasteiger partial charge in [-0.05, 0) is 31.9 Å². The number of hydrogen-bond donors (Lipinski definition) is 1. The molecule has 19 heavy (non-hydrogen) atoms. The van der Waals surface area contributed by atoms with Crippen LogP contribution in [0.1, 0.15) is 25.3 Å². The standard InChI is InChI=1S/C15H20ClNO2/c1-2-19-15(18)13-6-4-8-17(11-13)10-12-5-3-7-14(16)9-12/h3,5,7,9,13H,2,4,6,8,10-11H2,1H3/p+1/t13-/m0/s1. The van der Waals surface area contributed by atoms with E-state index < -0.39 is 0 Å². The summed E-state index contributed by atoms with van der Waals surface area (Å²) in [6.45, 7) is 5.24. The van der Waals surface area contributed by atoms with Crippen LogP contribution < -0.4 is 4.90 Å². The Morgan fingerprint density at radius 3 is 3.11 bits per heavy atom. The lowest BCUT2D eigenvalue weighted by molar-refractivity contribution is -0.921. The molecule has 2 atom stereocenters. The Kier molecular flexibility index (Phi) is 5.23. The molecule has 2 rings (SSSR count). The molecule has 1 aromatic rings. The average Bonchev–Trinajstić information content (AvgIpc) is 2.39. The van der Waals surface area contributed by atoms with E-state index in [9.17, 15) is 4.79 Å². The molecule has 104 valence electrons. The summed E-state index contributed by atoms with van der Waals surface area (Å²) in [7, 11) is 0. The Morgan fingerprint density at radius 2 is 2.37 bits per heavy atom. The van der Waals surface area contributed by atoms with Crippen LogP contribution >= 0.6 is 11.6 Å². The van der Waals surface area contributed by atoms with Crippen molar-refractivity contribution in [1.29, 1.82) is 0 Å². The van der Waals surface area contributed by atoms with E-state index >= 15 is 0 Å². The molecule has 3 nitrogen and oxygen atoms in total. The molecule has 1 aliphatic heterocycles. The van der Waals surface area contributed by atoms with Crippen molar-refractivity contribution in [1.82, 2.24) is 0 Å². The Bertz CT molecular complexity index is 436. The zero-order chi connectivity index (χ0) is 13.7. The van der Waals surface area contributed by atoms with E-state index in [1.165, 1.54) is 10.5 Å². The van der Waals surface area contributed by atoms with Gasteiger partial charge >= 0.3 is 5.97 Å². The van der Waals surface area contributed by atoms with Gasteiger partial charge in [0, 0.05) is 10.6 Å². The first-order valence-corrected chi connectivity index (χ1v) is 7.31. The molecule has 4 heteroatoms. The first kappa shape index (κ1) is 14.4. The molecule has 1 aliphatic rings. The minimum atomic E-state index is -0.0363. The van der Waals surface area contributed by atoms with Gasteiger partial charge in [-0.3, -0.25) is 4.79 Å². The van der Waals surface area contributed by atoms with E-state index in [4.69, 9.17) is 16.3 Å². The van der Waals surface area contributed by atoms with E-state index in [-0.39, 0.29) is 11.9 Å². The van der Waals surface area contributed by atoms with Crippen molar-refractivity contribution in [2.45, 2.75) is 26.3 Å². The van der Waals surface area contributed by atoms with Crippen LogP contribution in [0.25, 0.3) is 0 Å². The number of esters is 1. The number of ether oxygens (including phenoxy) is 1. The second-order valence-corrected chi connectivity index (χ2v) is 5.54. The van der Waals surface area contributed by atoms with E-state index in [1.54, 1.807) is 0 Å². The van der Waals surface area contributed by atoms with Gasteiger partial charge in [0.15, 0.2) is 0 Å². The molecule has 1 fully saturated rings. The highest BCUT2D eigenvalue weighted by Gasteiger charge is 2.29. The Hall–Kier alpha value is -1.06. The van der Waals surface area contributed by atoms with E-state index in [0.717, 1.165) is 37.5 Å². The second kappa shape index (κ2) is 6.92. The lowest BCUT2D eigenvalue weighted by atomic mass is 9.98. The van der Waals surface area contributed by atoms with Crippen LogP contribution in [-0.2, 0) is 16.1 Å². The van der Waals surface area contributed by atoms with Gasteiger partial charge in [-0.15, -0.1) is 0 Å². The molecule has 1 saturated heterocycles. The summed E-state index contributed by atoms with van der Waals surface area (Å²) in [6.07, 6.45) is 2.04. The fourth-order valence-electron chi connectivity index (χ4n) is 2.71. The van der Waals surface area contributed by atoms with Crippen LogP contribution in [0.4, 0.5) is 0 Å². The number of carbonyl (C=O) groups is 1. The van der Waals surface area contributed by atoms with Crippen molar-refractivity contribution in [3.05, 3.63) is 34.9 Å². The maximum atomic E-state index is 11.8. The van der Waals surface area contributed by atoms with Crippen LogP contribution in [0.15, 0.2) is 24.3 Å². The van der Waals surface area contributed by atoms with E-state index in [2.05, 4.69) is 6.07 Å². The second-order valence-electron chi connectivity index (χ2n) is 5.10. The number of halogens is 1. The summed E-state index contributed by atoms with van der Waals surface area (Å²) in [6, 6.07) is 7.96. The molecule has 0 amide bonds. The number of likely N-dealkylation sites (tertiary alicyclic amines) is 1. The monoisotopic (exact) mass is 282 g/mol. The maximum Gasteiger partial charge on any atom is 0.314 e. The Labute approximate surface area is 119 Å². The van der Waals surface area contributed by atoms with Crippen molar-refractivity contribution < 1.29 is 14.4 Å². The highest BCUT2D eigenvalue weighted by Crippen LogP contribution is 2.12. The topological polar surface area (TPSA) is 30.7 Å². The maximum absolute atomic E-state index is 11.8. The van der Waals surface area contributed by atoms with Gasteiger partial charge in [0.05, 0.1) is 19.7 Å². The molecular formula is C15H21ClNO2+. The third-order valence-corrected chi connectivity index (χ3v) is 3.82. The number of carbonyl (C=O) groups excluding carboxylic acids is 1. The van der Waals surface area contributed by atoms with Gasteiger partial charge in [-0.2, -0.15) is 0 Å². The summed E-state index contributed by atoms with van der Waals surface area (Å²) in [5.74, 6) is 0.0219. The number of nitrogens with one attached hydrogen (secondary N) is 1. The number of benzene rings is 1. The van der Waals surface area contributed by atoms with Crippen LogP contribution in [0, 0.1) is 5.92 Å². The molecule has 0 aliphatic carbocycles. The minimum Gasteiger partial charge on any atom is -0.466 e. The summed E-state index contributed by atoms with van der Waals surface area (Å²) >= 11 is 6.00. The van der Waals surface area contributed by atoms with Gasteiger partial charge in [-0.1, -0.05) is 23.7 Å². The highest BCUT2D eigenvalue weighted by atomic mass is 35.5. The third kappa shape index (κ3) is 4.22. The highest BCUT2D eigenvalue weighted by molar-refractivity contribution is 6.30. The average molecular weight is 283 g/mol. The number of rotatable bonds is 4. The summed E-state index contributed by atoms with van der Waals surface area (Å²) in [4.78, 5) is 13.2. The molecule has 0 spiro atoms. The fourth-order valence-corrected chi connectivity index (χ4v) is 2.92. The molecule has 1 aromatic carbocycles. The van der Waals surface area contributed by atoms with Gasteiger partial charge < -0.3 is 9.64 Å². The number of hydrogen-bond acceptors (Lipinski definition) is 2. The van der Waals surface area contributed by atoms with Crippen molar-refractivity contribution in [3.8, 4) is 0 Å². The third-order valence-electron chi connectivity index (χ3n) is 3.58. The van der Waals surface area contributed by atoms with Crippen molar-refractivity contribution in [2.24, 2.45) is 5.92 Å². The first-order chi connectivity index (χ1) is 9.19. The largest absolute Gasteiger partial charge is 0.466 e. The first-order valence-electron chi connectivity index (χ1n) is 6.93. The lowest BCUT2D eigenvalue weighted by Crippen LogP contribution is -3.12. The summed E-state index contributed by atoms with van der Waals surface area (Å²) < 4.78 is 5.13. The predicted molar refractivity (Wildman–Crippen MR) is 75.2 cm³/mol. The smallest absolute Gasteiger partial charge is 0.314 e. The Balaban J connectivity index is 1.92. The van der Waals surface area contributed by atoms with Gasteiger partial charge in [0.2, 0.25) is 0 Å². The summed E-state index contributed by atoms with van der Waals surface area (Å²) in [5, 5.41) is 0.774. The molecule has 0 radical (unpaired) electrons. The molecule has 0 saturated carbocycles. The van der Waals surface area contributed by atoms with Crippen molar-refractivity contribution in [2.75, 3.05) is 19.7 Å². The van der Waals surface area contributed by atoms with Crippen LogP contribution in [0.3, 0.4) is 0 Å². The van der Waals surface area contributed by atoms with Crippen molar-refractivity contribution in [3.63, 3.8) is 0 Å². The van der Waals surface area contributed by atoms with Crippen LogP contribution in [0.2, 0.25) is 5.02 Å². The number of piperidine rings is 1. The van der Waals surface area contributed by atoms with Gasteiger partial charge in [0.25, 0.3) is 0 Å². The zero-order valence-corrected chi connectivity index (χ0v) is 12.1.